The van der Waals surface area contributed by atoms with Crippen LogP contribution >= 0.6 is 0 Å². The Bertz CT molecular complexity index is 734. The summed E-state index contributed by atoms with van der Waals surface area (Å²) >= 11 is 0. The molecular weight excluding hydrogens is 330 g/mol. The highest BCUT2D eigenvalue weighted by molar-refractivity contribution is 5.77. The fourth-order valence-corrected chi connectivity index (χ4v) is 3.88. The number of carbonyl (C=O) groups is 1. The van der Waals surface area contributed by atoms with Crippen LogP contribution in [-0.2, 0) is 17.8 Å². The van der Waals surface area contributed by atoms with Crippen LogP contribution in [0.2, 0.25) is 0 Å². The molecule has 0 bridgehead atoms. The average Bonchev–Trinajstić information content (AvgIpc) is 3.36. The minimum Gasteiger partial charge on any atom is -0.472 e. The van der Waals surface area contributed by atoms with E-state index in [2.05, 4.69) is 4.90 Å². The van der Waals surface area contributed by atoms with Crippen molar-refractivity contribution < 1.29 is 18.7 Å². The highest BCUT2D eigenvalue weighted by atomic mass is 16.7. The van der Waals surface area contributed by atoms with E-state index in [4.69, 9.17) is 13.9 Å². The number of aryl methyl sites for hydroxylation is 1. The Balaban J connectivity index is 1.41. The van der Waals surface area contributed by atoms with Gasteiger partial charge in [-0.25, -0.2) is 0 Å². The number of ether oxygens (including phenoxy) is 2. The molecule has 1 saturated carbocycles. The number of rotatable bonds is 6. The van der Waals surface area contributed by atoms with Gasteiger partial charge < -0.3 is 18.8 Å². The van der Waals surface area contributed by atoms with Crippen LogP contribution in [0.3, 0.4) is 0 Å². The SMILES string of the molecule is O=C(CCc1ccc2c(c1)OCO2)N(Cc1ccoc1)C1CCCCC1. The van der Waals surface area contributed by atoms with Crippen molar-refractivity contribution in [2.24, 2.45) is 0 Å². The van der Waals surface area contributed by atoms with Gasteiger partial charge in [-0.15, -0.1) is 0 Å². The van der Waals surface area contributed by atoms with Crippen LogP contribution < -0.4 is 9.47 Å². The van der Waals surface area contributed by atoms with Crippen LogP contribution in [0.5, 0.6) is 11.5 Å². The van der Waals surface area contributed by atoms with Crippen LogP contribution in [0, 0.1) is 0 Å². The van der Waals surface area contributed by atoms with E-state index < -0.39 is 0 Å². The molecule has 0 atom stereocenters. The molecule has 1 aliphatic heterocycles. The van der Waals surface area contributed by atoms with Crippen molar-refractivity contribution >= 4 is 5.91 Å². The monoisotopic (exact) mass is 355 g/mol. The Morgan fingerprint density at radius 2 is 1.88 bits per heavy atom. The fraction of sp³-hybridized carbons (Fsp3) is 0.476. The Morgan fingerprint density at radius 1 is 1.04 bits per heavy atom. The summed E-state index contributed by atoms with van der Waals surface area (Å²) in [6.07, 6.45) is 10.5. The van der Waals surface area contributed by atoms with Crippen LogP contribution in [0.15, 0.2) is 41.2 Å². The molecular formula is C21H25NO4. The average molecular weight is 355 g/mol. The van der Waals surface area contributed by atoms with Gasteiger partial charge in [-0.3, -0.25) is 4.79 Å². The standard InChI is InChI=1S/C21H25NO4/c23-21(9-7-16-6-8-19-20(12-16)26-15-25-19)22(13-17-10-11-24-14-17)18-4-2-1-3-5-18/h6,8,10-12,14,18H,1-5,7,9,13,15H2. The molecule has 2 aromatic rings. The summed E-state index contributed by atoms with van der Waals surface area (Å²) in [7, 11) is 0. The van der Waals surface area contributed by atoms with E-state index in [1.807, 2.05) is 24.3 Å². The third-order valence-corrected chi connectivity index (χ3v) is 5.33. The van der Waals surface area contributed by atoms with Gasteiger partial charge in [-0.2, -0.15) is 0 Å². The summed E-state index contributed by atoms with van der Waals surface area (Å²) in [6.45, 7) is 0.916. The molecule has 138 valence electrons. The molecule has 0 unspecified atom stereocenters. The number of nitrogens with zero attached hydrogens (tertiary/aromatic N) is 1. The first-order valence-electron chi connectivity index (χ1n) is 9.49. The molecule has 26 heavy (non-hydrogen) atoms. The first-order chi connectivity index (χ1) is 12.8. The van der Waals surface area contributed by atoms with Crippen LogP contribution in [0.25, 0.3) is 0 Å². The summed E-state index contributed by atoms with van der Waals surface area (Å²) in [5, 5.41) is 0. The Labute approximate surface area is 153 Å². The molecule has 1 aromatic carbocycles. The number of benzene rings is 1. The van der Waals surface area contributed by atoms with E-state index in [-0.39, 0.29) is 12.7 Å². The summed E-state index contributed by atoms with van der Waals surface area (Å²) in [5.41, 5.74) is 2.17. The van der Waals surface area contributed by atoms with E-state index in [0.29, 0.717) is 25.4 Å². The minimum absolute atomic E-state index is 0.218. The molecule has 1 amide bonds. The Morgan fingerprint density at radius 3 is 2.69 bits per heavy atom. The summed E-state index contributed by atoms with van der Waals surface area (Å²) < 4.78 is 16.0. The van der Waals surface area contributed by atoms with Crippen LogP contribution in [-0.4, -0.2) is 23.6 Å². The zero-order valence-corrected chi connectivity index (χ0v) is 15.0. The van der Waals surface area contributed by atoms with Crippen molar-refractivity contribution in [3.05, 3.63) is 47.9 Å². The molecule has 0 radical (unpaired) electrons. The van der Waals surface area contributed by atoms with Crippen LogP contribution in [0.4, 0.5) is 0 Å². The van der Waals surface area contributed by atoms with Gasteiger partial charge >= 0.3 is 0 Å². The van der Waals surface area contributed by atoms with Crippen molar-refractivity contribution in [3.63, 3.8) is 0 Å². The highest BCUT2D eigenvalue weighted by Gasteiger charge is 2.25. The topological polar surface area (TPSA) is 51.9 Å². The summed E-state index contributed by atoms with van der Waals surface area (Å²) in [4.78, 5) is 15.1. The highest BCUT2D eigenvalue weighted by Crippen LogP contribution is 2.33. The molecule has 0 spiro atoms. The fourth-order valence-electron chi connectivity index (χ4n) is 3.88. The Hall–Kier alpha value is -2.43. The zero-order chi connectivity index (χ0) is 17.8. The lowest BCUT2D eigenvalue weighted by Gasteiger charge is -2.34. The maximum absolute atomic E-state index is 13.0. The number of hydrogen-bond donors (Lipinski definition) is 0. The van der Waals surface area contributed by atoms with Crippen molar-refractivity contribution in [2.75, 3.05) is 6.79 Å². The van der Waals surface area contributed by atoms with Crippen molar-refractivity contribution in [3.8, 4) is 11.5 Å². The molecule has 1 aromatic heterocycles. The lowest BCUT2D eigenvalue weighted by atomic mass is 9.93. The molecule has 4 rings (SSSR count). The van der Waals surface area contributed by atoms with E-state index in [0.717, 1.165) is 35.5 Å². The number of carbonyl (C=O) groups excluding carboxylic acids is 1. The van der Waals surface area contributed by atoms with Crippen molar-refractivity contribution in [1.29, 1.82) is 0 Å². The lowest BCUT2D eigenvalue weighted by molar-refractivity contribution is -0.135. The number of furan rings is 1. The van der Waals surface area contributed by atoms with Gasteiger partial charge in [0.25, 0.3) is 0 Å². The van der Waals surface area contributed by atoms with Gasteiger partial charge in [0.2, 0.25) is 12.7 Å². The number of amides is 1. The second-order valence-electron chi connectivity index (χ2n) is 7.13. The molecule has 5 nitrogen and oxygen atoms in total. The van der Waals surface area contributed by atoms with E-state index in [9.17, 15) is 4.79 Å². The molecule has 2 heterocycles. The maximum atomic E-state index is 13.0. The molecule has 1 fully saturated rings. The third-order valence-electron chi connectivity index (χ3n) is 5.33. The van der Waals surface area contributed by atoms with Gasteiger partial charge in [0.05, 0.1) is 12.5 Å². The largest absolute Gasteiger partial charge is 0.472 e. The van der Waals surface area contributed by atoms with Crippen molar-refractivity contribution in [1.82, 2.24) is 4.90 Å². The smallest absolute Gasteiger partial charge is 0.231 e. The second kappa shape index (κ2) is 7.85. The quantitative estimate of drug-likeness (QED) is 0.775. The van der Waals surface area contributed by atoms with Gasteiger partial charge in [-0.1, -0.05) is 25.3 Å². The molecule has 1 aliphatic carbocycles. The summed E-state index contributed by atoms with van der Waals surface area (Å²) in [5.74, 6) is 1.78. The van der Waals surface area contributed by atoms with Crippen LogP contribution in [0.1, 0.15) is 49.7 Å². The molecule has 0 N–H and O–H groups in total. The molecule has 2 aliphatic rings. The van der Waals surface area contributed by atoms with Gasteiger partial charge in [-0.05, 0) is 43.0 Å². The third kappa shape index (κ3) is 3.87. The first kappa shape index (κ1) is 17.0. The van der Waals surface area contributed by atoms with Crippen molar-refractivity contribution in [2.45, 2.75) is 57.5 Å². The second-order valence-corrected chi connectivity index (χ2v) is 7.13. The van der Waals surface area contributed by atoms with E-state index >= 15 is 0 Å². The summed E-state index contributed by atoms with van der Waals surface area (Å²) in [6, 6.07) is 8.22. The van der Waals surface area contributed by atoms with E-state index in [1.54, 1.807) is 12.5 Å². The number of fused-ring (bicyclic) bond motifs is 1. The normalized spacial score (nSPS) is 16.6. The molecule has 5 heteroatoms. The maximum Gasteiger partial charge on any atom is 0.231 e. The van der Waals surface area contributed by atoms with Gasteiger partial charge in [0.1, 0.15) is 0 Å². The predicted octanol–water partition coefficient (Wildman–Crippen LogP) is 4.30. The lowest BCUT2D eigenvalue weighted by Crippen LogP contribution is -2.41. The zero-order valence-electron chi connectivity index (χ0n) is 15.0. The van der Waals surface area contributed by atoms with E-state index in [1.165, 1.54) is 19.3 Å². The Kier molecular flexibility index (Phi) is 5.14. The number of hydrogen-bond acceptors (Lipinski definition) is 4. The van der Waals surface area contributed by atoms with Gasteiger partial charge in [0, 0.05) is 24.6 Å². The minimum atomic E-state index is 0.218. The molecule has 0 saturated heterocycles. The van der Waals surface area contributed by atoms with Gasteiger partial charge in [0.15, 0.2) is 11.5 Å². The first-order valence-corrected chi connectivity index (χ1v) is 9.49. The predicted molar refractivity (Wildman–Crippen MR) is 97.0 cm³/mol.